The minimum Gasteiger partial charge on any atom is -0.493 e. The van der Waals surface area contributed by atoms with Crippen LogP contribution in [0.25, 0.3) is 0 Å². The number of anilines is 1. The summed E-state index contributed by atoms with van der Waals surface area (Å²) in [5.74, 6) is 2.58. The fourth-order valence-corrected chi connectivity index (χ4v) is 2.57. The normalized spacial score (nSPS) is 11.8. The summed E-state index contributed by atoms with van der Waals surface area (Å²) in [4.78, 5) is 4.49. The van der Waals surface area contributed by atoms with Crippen molar-refractivity contribution >= 4 is 5.69 Å². The molecule has 4 N–H and O–H groups in total. The Morgan fingerprint density at radius 3 is 2.69 bits per heavy atom. The van der Waals surface area contributed by atoms with Gasteiger partial charge in [-0.2, -0.15) is 5.10 Å². The maximum absolute atomic E-state index is 6.32. The average molecular weight is 353 g/mol. The molecule has 0 fully saturated rings. The lowest BCUT2D eigenvalue weighted by molar-refractivity contribution is 0.310. The second-order valence-electron chi connectivity index (χ2n) is 5.68. The third-order valence-electron chi connectivity index (χ3n) is 3.91. The fourth-order valence-electron chi connectivity index (χ4n) is 2.57. The molecule has 3 rings (SSSR count). The van der Waals surface area contributed by atoms with Crippen LogP contribution in [0.15, 0.2) is 48.5 Å². The largest absolute Gasteiger partial charge is 0.493 e. The van der Waals surface area contributed by atoms with E-state index < -0.39 is 6.04 Å². The minimum absolute atomic E-state index is 0.457. The second kappa shape index (κ2) is 8.35. The van der Waals surface area contributed by atoms with Gasteiger partial charge in [-0.05, 0) is 36.8 Å². The standard InChI is InChI=1S/C19H23N5O2/c1-3-26-15-10-9-13(11-16(15)25-2)18(20)19-22-17(23-24-19)12-21-14-7-5-4-6-8-14/h4-11,18,21H,3,12,20H2,1-2H3,(H,22,23,24)/t18-/m0/s1. The van der Waals surface area contributed by atoms with Crippen LogP contribution in [-0.2, 0) is 6.54 Å². The van der Waals surface area contributed by atoms with Gasteiger partial charge in [-0.15, -0.1) is 0 Å². The van der Waals surface area contributed by atoms with E-state index in [-0.39, 0.29) is 0 Å². The lowest BCUT2D eigenvalue weighted by Gasteiger charge is -2.13. The molecule has 0 saturated heterocycles. The van der Waals surface area contributed by atoms with Crippen LogP contribution in [0.3, 0.4) is 0 Å². The Balaban J connectivity index is 1.70. The number of hydrogen-bond acceptors (Lipinski definition) is 6. The van der Waals surface area contributed by atoms with Gasteiger partial charge in [-0.1, -0.05) is 24.3 Å². The van der Waals surface area contributed by atoms with Crippen molar-refractivity contribution in [3.63, 3.8) is 0 Å². The molecule has 2 aromatic carbocycles. The van der Waals surface area contributed by atoms with Gasteiger partial charge in [0.1, 0.15) is 5.82 Å². The Morgan fingerprint density at radius 2 is 1.96 bits per heavy atom. The summed E-state index contributed by atoms with van der Waals surface area (Å²) in [5.41, 5.74) is 8.20. The van der Waals surface area contributed by atoms with E-state index in [0.29, 0.717) is 30.5 Å². The molecule has 1 aromatic heterocycles. The van der Waals surface area contributed by atoms with E-state index in [2.05, 4.69) is 20.5 Å². The van der Waals surface area contributed by atoms with Gasteiger partial charge in [0.25, 0.3) is 0 Å². The zero-order valence-corrected chi connectivity index (χ0v) is 14.9. The number of aromatic nitrogens is 3. The summed E-state index contributed by atoms with van der Waals surface area (Å²) < 4.78 is 10.9. The van der Waals surface area contributed by atoms with E-state index >= 15 is 0 Å². The smallest absolute Gasteiger partial charge is 0.171 e. The van der Waals surface area contributed by atoms with Gasteiger partial charge in [-0.3, -0.25) is 5.10 Å². The number of nitrogens with two attached hydrogens (primary N) is 1. The molecule has 7 heteroatoms. The summed E-state index contributed by atoms with van der Waals surface area (Å²) in [7, 11) is 1.60. The Kier molecular flexibility index (Phi) is 5.70. The highest BCUT2D eigenvalue weighted by atomic mass is 16.5. The van der Waals surface area contributed by atoms with Crippen LogP contribution in [0, 0.1) is 0 Å². The van der Waals surface area contributed by atoms with Crippen molar-refractivity contribution in [2.24, 2.45) is 5.73 Å². The number of ether oxygens (including phenoxy) is 2. The van der Waals surface area contributed by atoms with Crippen LogP contribution >= 0.6 is 0 Å². The molecular weight excluding hydrogens is 330 g/mol. The molecule has 0 aliphatic heterocycles. The lowest BCUT2D eigenvalue weighted by Crippen LogP contribution is -2.14. The van der Waals surface area contributed by atoms with E-state index in [1.807, 2.05) is 55.5 Å². The Bertz CT molecular complexity index is 835. The molecule has 0 amide bonds. The second-order valence-corrected chi connectivity index (χ2v) is 5.68. The summed E-state index contributed by atoms with van der Waals surface area (Å²) in [6, 6.07) is 15.1. The zero-order valence-electron chi connectivity index (χ0n) is 14.9. The summed E-state index contributed by atoms with van der Waals surface area (Å²) in [5, 5.41) is 10.5. The van der Waals surface area contributed by atoms with Crippen molar-refractivity contribution < 1.29 is 9.47 Å². The first-order valence-corrected chi connectivity index (χ1v) is 8.47. The Morgan fingerprint density at radius 1 is 1.15 bits per heavy atom. The molecule has 26 heavy (non-hydrogen) atoms. The summed E-state index contributed by atoms with van der Waals surface area (Å²) in [6.45, 7) is 3.04. The van der Waals surface area contributed by atoms with Gasteiger partial charge in [0.05, 0.1) is 26.3 Å². The average Bonchev–Trinajstić information content (AvgIpc) is 3.16. The molecule has 0 saturated carbocycles. The van der Waals surface area contributed by atoms with Gasteiger partial charge in [0, 0.05) is 5.69 Å². The number of hydrogen-bond donors (Lipinski definition) is 3. The number of methoxy groups -OCH3 is 1. The molecule has 1 heterocycles. The van der Waals surface area contributed by atoms with Crippen molar-refractivity contribution in [3.8, 4) is 11.5 Å². The van der Waals surface area contributed by atoms with E-state index in [4.69, 9.17) is 15.2 Å². The number of H-pyrrole nitrogens is 1. The summed E-state index contributed by atoms with van der Waals surface area (Å²) in [6.07, 6.45) is 0. The number of benzene rings is 2. The fraction of sp³-hybridized carbons (Fsp3) is 0.263. The number of rotatable bonds is 8. The molecule has 0 aliphatic carbocycles. The van der Waals surface area contributed by atoms with Gasteiger partial charge >= 0.3 is 0 Å². The van der Waals surface area contributed by atoms with Crippen LogP contribution in [0.4, 0.5) is 5.69 Å². The molecule has 7 nitrogen and oxygen atoms in total. The predicted molar refractivity (Wildman–Crippen MR) is 100 cm³/mol. The van der Waals surface area contributed by atoms with Crippen molar-refractivity contribution in [3.05, 3.63) is 65.7 Å². The number of para-hydroxylation sites is 1. The van der Waals surface area contributed by atoms with Crippen molar-refractivity contribution in [2.45, 2.75) is 19.5 Å². The molecule has 0 radical (unpaired) electrons. The zero-order chi connectivity index (χ0) is 18.4. The van der Waals surface area contributed by atoms with Crippen molar-refractivity contribution in [1.82, 2.24) is 15.2 Å². The quantitative estimate of drug-likeness (QED) is 0.576. The first-order chi connectivity index (χ1) is 12.7. The number of nitrogens with one attached hydrogen (secondary N) is 2. The van der Waals surface area contributed by atoms with Crippen molar-refractivity contribution in [2.75, 3.05) is 19.0 Å². The van der Waals surface area contributed by atoms with Crippen LogP contribution in [0.1, 0.15) is 30.2 Å². The van der Waals surface area contributed by atoms with Gasteiger partial charge in [0.15, 0.2) is 17.3 Å². The first-order valence-electron chi connectivity index (χ1n) is 8.47. The molecule has 0 spiro atoms. The van der Waals surface area contributed by atoms with E-state index in [0.717, 1.165) is 17.1 Å². The lowest BCUT2D eigenvalue weighted by atomic mass is 10.1. The topological polar surface area (TPSA) is 98.1 Å². The maximum Gasteiger partial charge on any atom is 0.171 e. The first kappa shape index (κ1) is 17.8. The predicted octanol–water partition coefficient (Wildman–Crippen LogP) is 2.87. The van der Waals surface area contributed by atoms with Crippen LogP contribution < -0.4 is 20.5 Å². The van der Waals surface area contributed by atoms with Crippen LogP contribution in [0.5, 0.6) is 11.5 Å². The molecule has 0 bridgehead atoms. The molecule has 3 aromatic rings. The Labute approximate surface area is 152 Å². The maximum atomic E-state index is 6.32. The van der Waals surface area contributed by atoms with Gasteiger partial charge in [0.2, 0.25) is 0 Å². The molecule has 136 valence electrons. The molecular formula is C19H23N5O2. The monoisotopic (exact) mass is 353 g/mol. The van der Waals surface area contributed by atoms with Crippen LogP contribution in [0.2, 0.25) is 0 Å². The summed E-state index contributed by atoms with van der Waals surface area (Å²) >= 11 is 0. The van der Waals surface area contributed by atoms with E-state index in [1.165, 1.54) is 0 Å². The highest BCUT2D eigenvalue weighted by Crippen LogP contribution is 2.31. The molecule has 1 atom stereocenters. The minimum atomic E-state index is -0.457. The highest BCUT2D eigenvalue weighted by molar-refractivity contribution is 5.45. The SMILES string of the molecule is CCOc1ccc([C@H](N)c2n[nH]c(CNc3ccccc3)n2)cc1OC. The van der Waals surface area contributed by atoms with Crippen molar-refractivity contribution in [1.29, 1.82) is 0 Å². The van der Waals surface area contributed by atoms with E-state index in [9.17, 15) is 0 Å². The Hall–Kier alpha value is -3.06. The van der Waals surface area contributed by atoms with Crippen LogP contribution in [-0.4, -0.2) is 28.9 Å². The number of aromatic amines is 1. The molecule has 0 unspecified atom stereocenters. The number of nitrogens with zero attached hydrogens (tertiary/aromatic N) is 2. The van der Waals surface area contributed by atoms with Gasteiger partial charge in [-0.25, -0.2) is 4.98 Å². The van der Waals surface area contributed by atoms with E-state index in [1.54, 1.807) is 7.11 Å². The third kappa shape index (κ3) is 4.12. The van der Waals surface area contributed by atoms with Gasteiger partial charge < -0.3 is 20.5 Å². The molecule has 0 aliphatic rings. The third-order valence-corrected chi connectivity index (χ3v) is 3.91. The highest BCUT2D eigenvalue weighted by Gasteiger charge is 2.17.